The summed E-state index contributed by atoms with van der Waals surface area (Å²) in [6.45, 7) is 0. The fraction of sp³-hybridized carbons (Fsp3) is 0.400. The Kier molecular flexibility index (Phi) is 3.12. The molecule has 0 amide bonds. The highest BCUT2D eigenvalue weighted by Crippen LogP contribution is 2.27. The lowest BCUT2D eigenvalue weighted by molar-refractivity contribution is 0.398. The van der Waals surface area contributed by atoms with Crippen molar-refractivity contribution in [3.63, 3.8) is 0 Å². The Morgan fingerprint density at radius 1 is 1.47 bits per heavy atom. The fourth-order valence-corrected chi connectivity index (χ4v) is 1.84. The number of nitrogens with one attached hydrogen (secondary N) is 1. The van der Waals surface area contributed by atoms with Gasteiger partial charge in [0, 0.05) is 26.5 Å². The van der Waals surface area contributed by atoms with Gasteiger partial charge in [0.25, 0.3) is 0 Å². The molecule has 0 saturated carbocycles. The van der Waals surface area contributed by atoms with E-state index in [-0.39, 0.29) is 6.04 Å². The Labute approximate surface area is 99.2 Å². The number of aryl methyl sites for hydroxylation is 2. The van der Waals surface area contributed by atoms with Crippen LogP contribution in [0.2, 0.25) is 0 Å². The molecule has 0 aromatic carbocycles. The second kappa shape index (κ2) is 4.56. The van der Waals surface area contributed by atoms with E-state index in [1.165, 1.54) is 0 Å². The van der Waals surface area contributed by atoms with Crippen LogP contribution in [0.4, 0.5) is 0 Å². The highest BCUT2D eigenvalue weighted by Gasteiger charge is 2.24. The summed E-state index contributed by atoms with van der Waals surface area (Å²) in [5, 5.41) is 4.15. The molecule has 0 aliphatic rings. The first-order chi connectivity index (χ1) is 8.19. The van der Waals surface area contributed by atoms with Crippen LogP contribution in [0.15, 0.2) is 18.6 Å². The van der Waals surface area contributed by atoms with E-state index in [4.69, 9.17) is 10.6 Å². The zero-order valence-corrected chi connectivity index (χ0v) is 10.1. The van der Waals surface area contributed by atoms with Gasteiger partial charge in [0.1, 0.15) is 17.6 Å². The molecular weight excluding hydrogens is 220 g/mol. The molecule has 7 heteroatoms. The number of rotatable bonds is 4. The van der Waals surface area contributed by atoms with Gasteiger partial charge < -0.3 is 9.30 Å². The van der Waals surface area contributed by atoms with E-state index in [1.54, 1.807) is 24.2 Å². The summed E-state index contributed by atoms with van der Waals surface area (Å²) in [5.41, 5.74) is 3.58. The molecular formula is C10H16N6O. The van der Waals surface area contributed by atoms with Crippen LogP contribution in [0.25, 0.3) is 0 Å². The van der Waals surface area contributed by atoms with E-state index in [1.807, 2.05) is 24.9 Å². The van der Waals surface area contributed by atoms with Crippen LogP contribution in [-0.2, 0) is 14.1 Å². The first-order valence-electron chi connectivity index (χ1n) is 5.18. The standard InChI is InChI=1S/C10H16N6O/c1-15-5-4-12-10(15)8(14-11)9-7(17-3)6-13-16(9)2/h4-6,8,14H,11H2,1-3H3. The molecule has 7 nitrogen and oxygen atoms in total. The number of methoxy groups -OCH3 is 1. The van der Waals surface area contributed by atoms with E-state index in [0.29, 0.717) is 5.75 Å². The first kappa shape index (κ1) is 11.6. The molecule has 2 aromatic heterocycles. The van der Waals surface area contributed by atoms with Crippen molar-refractivity contribution in [3.05, 3.63) is 30.1 Å². The third kappa shape index (κ3) is 1.90. The smallest absolute Gasteiger partial charge is 0.162 e. The van der Waals surface area contributed by atoms with Gasteiger partial charge in [-0.2, -0.15) is 5.10 Å². The summed E-state index contributed by atoms with van der Waals surface area (Å²) in [5.74, 6) is 7.10. The predicted octanol–water partition coefficient (Wildman–Crippen LogP) is -0.285. The van der Waals surface area contributed by atoms with Crippen molar-refractivity contribution in [2.24, 2.45) is 19.9 Å². The SMILES string of the molecule is COc1cnn(C)c1C(NN)c1nccn1C. The molecule has 2 rings (SSSR count). The number of nitrogens with two attached hydrogens (primary N) is 1. The molecule has 0 saturated heterocycles. The Morgan fingerprint density at radius 2 is 2.24 bits per heavy atom. The maximum Gasteiger partial charge on any atom is 0.162 e. The zero-order chi connectivity index (χ0) is 12.4. The molecule has 1 atom stereocenters. The van der Waals surface area contributed by atoms with Crippen LogP contribution >= 0.6 is 0 Å². The number of ether oxygens (including phenoxy) is 1. The summed E-state index contributed by atoms with van der Waals surface area (Å²) in [4.78, 5) is 4.28. The molecule has 2 aromatic rings. The summed E-state index contributed by atoms with van der Waals surface area (Å²) >= 11 is 0. The van der Waals surface area contributed by atoms with Crippen molar-refractivity contribution in [1.29, 1.82) is 0 Å². The van der Waals surface area contributed by atoms with Gasteiger partial charge in [-0.25, -0.2) is 10.4 Å². The first-order valence-corrected chi connectivity index (χ1v) is 5.18. The average Bonchev–Trinajstić information content (AvgIpc) is 2.89. The van der Waals surface area contributed by atoms with E-state index >= 15 is 0 Å². The molecule has 0 aliphatic carbocycles. The summed E-state index contributed by atoms with van der Waals surface area (Å²) < 4.78 is 8.89. The molecule has 0 bridgehead atoms. The predicted molar refractivity (Wildman–Crippen MR) is 62.1 cm³/mol. The second-order valence-electron chi connectivity index (χ2n) is 3.72. The maximum absolute atomic E-state index is 5.62. The third-order valence-corrected chi connectivity index (χ3v) is 2.73. The lowest BCUT2D eigenvalue weighted by Gasteiger charge is -2.17. The monoisotopic (exact) mass is 236 g/mol. The average molecular weight is 236 g/mol. The Morgan fingerprint density at radius 3 is 2.76 bits per heavy atom. The Bertz CT molecular complexity index is 503. The van der Waals surface area contributed by atoms with Crippen LogP contribution in [-0.4, -0.2) is 26.4 Å². The maximum atomic E-state index is 5.62. The van der Waals surface area contributed by atoms with E-state index in [2.05, 4.69) is 15.5 Å². The molecule has 0 radical (unpaired) electrons. The van der Waals surface area contributed by atoms with Crippen LogP contribution < -0.4 is 16.0 Å². The summed E-state index contributed by atoms with van der Waals surface area (Å²) in [6, 6.07) is -0.266. The van der Waals surface area contributed by atoms with Crippen LogP contribution in [0.1, 0.15) is 17.6 Å². The lowest BCUT2D eigenvalue weighted by atomic mass is 10.2. The van der Waals surface area contributed by atoms with Gasteiger partial charge >= 0.3 is 0 Å². The molecule has 0 fully saturated rings. The number of nitrogens with zero attached hydrogens (tertiary/aromatic N) is 4. The number of hydrazine groups is 1. The van der Waals surface area contributed by atoms with Crippen LogP contribution in [0.5, 0.6) is 5.75 Å². The van der Waals surface area contributed by atoms with Gasteiger partial charge in [0.05, 0.1) is 13.3 Å². The molecule has 17 heavy (non-hydrogen) atoms. The van der Waals surface area contributed by atoms with Crippen molar-refractivity contribution in [3.8, 4) is 5.75 Å². The Balaban J connectivity index is 2.49. The van der Waals surface area contributed by atoms with Crippen molar-refractivity contribution in [1.82, 2.24) is 24.8 Å². The minimum atomic E-state index is -0.266. The summed E-state index contributed by atoms with van der Waals surface area (Å²) in [7, 11) is 5.35. The molecule has 0 aliphatic heterocycles. The molecule has 92 valence electrons. The number of aromatic nitrogens is 4. The van der Waals surface area contributed by atoms with Gasteiger partial charge in [0.15, 0.2) is 5.75 Å². The topological polar surface area (TPSA) is 82.9 Å². The molecule has 0 spiro atoms. The molecule has 2 heterocycles. The van der Waals surface area contributed by atoms with E-state index < -0.39 is 0 Å². The van der Waals surface area contributed by atoms with Crippen molar-refractivity contribution >= 4 is 0 Å². The number of hydrogen-bond donors (Lipinski definition) is 2. The third-order valence-electron chi connectivity index (χ3n) is 2.73. The second-order valence-corrected chi connectivity index (χ2v) is 3.72. The van der Waals surface area contributed by atoms with Gasteiger partial charge in [-0.1, -0.05) is 0 Å². The number of imidazole rings is 1. The summed E-state index contributed by atoms with van der Waals surface area (Å²) in [6.07, 6.45) is 5.24. The zero-order valence-electron chi connectivity index (χ0n) is 10.1. The van der Waals surface area contributed by atoms with Gasteiger partial charge in [-0.15, -0.1) is 0 Å². The quantitative estimate of drug-likeness (QED) is 0.563. The van der Waals surface area contributed by atoms with E-state index in [0.717, 1.165) is 11.5 Å². The van der Waals surface area contributed by atoms with Crippen molar-refractivity contribution in [2.75, 3.05) is 7.11 Å². The van der Waals surface area contributed by atoms with Gasteiger partial charge in [-0.3, -0.25) is 10.5 Å². The number of hydrogen-bond acceptors (Lipinski definition) is 5. The van der Waals surface area contributed by atoms with Gasteiger partial charge in [-0.05, 0) is 0 Å². The lowest BCUT2D eigenvalue weighted by Crippen LogP contribution is -2.32. The van der Waals surface area contributed by atoms with Crippen LogP contribution in [0.3, 0.4) is 0 Å². The van der Waals surface area contributed by atoms with Crippen LogP contribution in [0, 0.1) is 0 Å². The minimum absolute atomic E-state index is 0.266. The largest absolute Gasteiger partial charge is 0.493 e. The van der Waals surface area contributed by atoms with Crippen molar-refractivity contribution < 1.29 is 4.74 Å². The van der Waals surface area contributed by atoms with E-state index in [9.17, 15) is 0 Å². The fourth-order valence-electron chi connectivity index (χ4n) is 1.84. The minimum Gasteiger partial charge on any atom is -0.493 e. The van der Waals surface area contributed by atoms with Crippen molar-refractivity contribution in [2.45, 2.75) is 6.04 Å². The normalized spacial score (nSPS) is 12.7. The highest BCUT2D eigenvalue weighted by atomic mass is 16.5. The highest BCUT2D eigenvalue weighted by molar-refractivity contribution is 5.32. The van der Waals surface area contributed by atoms with Gasteiger partial charge in [0.2, 0.25) is 0 Å². The Hall–Kier alpha value is -1.86. The molecule has 3 N–H and O–H groups in total. The molecule has 1 unspecified atom stereocenters.